The van der Waals surface area contributed by atoms with Crippen molar-refractivity contribution in [1.29, 1.82) is 0 Å². The molecule has 0 aliphatic carbocycles. The van der Waals surface area contributed by atoms with E-state index in [4.69, 9.17) is 5.73 Å². The SMILES string of the molecule is CCn1nc(C#Cc2cc(NC(=O)N3CCC(CC(F)(F)F)C3)ccc2C)c2c(N)ncnc21. The molecule has 11 heteroatoms. The second kappa shape index (κ2) is 9.21. The van der Waals surface area contributed by atoms with Gasteiger partial charge in [-0.25, -0.2) is 19.4 Å². The van der Waals surface area contributed by atoms with Crippen LogP contribution in [0.2, 0.25) is 0 Å². The van der Waals surface area contributed by atoms with Gasteiger partial charge < -0.3 is 16.0 Å². The second-order valence-corrected chi connectivity index (χ2v) is 8.25. The number of carbonyl (C=O) groups excluding carboxylic acids is 1. The number of nitrogens with one attached hydrogen (secondary N) is 1. The van der Waals surface area contributed by atoms with Gasteiger partial charge in [-0.05, 0) is 49.8 Å². The van der Waals surface area contributed by atoms with Crippen molar-refractivity contribution >= 4 is 28.6 Å². The minimum absolute atomic E-state index is 0.0839. The van der Waals surface area contributed by atoms with Gasteiger partial charge in [-0.3, -0.25) is 0 Å². The molecule has 1 aromatic carbocycles. The largest absolute Gasteiger partial charge is 0.389 e. The van der Waals surface area contributed by atoms with E-state index in [-0.39, 0.29) is 6.54 Å². The number of nitrogens with two attached hydrogens (primary N) is 1. The first kappa shape index (κ1) is 23.4. The normalized spacial score (nSPS) is 15.9. The second-order valence-electron chi connectivity index (χ2n) is 8.25. The number of fused-ring (bicyclic) bond motifs is 1. The van der Waals surface area contributed by atoms with Gasteiger partial charge in [-0.2, -0.15) is 18.3 Å². The lowest BCUT2D eigenvalue weighted by atomic mass is 10.1. The van der Waals surface area contributed by atoms with Crippen molar-refractivity contribution in [3.05, 3.63) is 41.3 Å². The Morgan fingerprint density at radius 1 is 1.29 bits per heavy atom. The molecule has 2 amide bonds. The summed E-state index contributed by atoms with van der Waals surface area (Å²) < 4.78 is 39.6. The fourth-order valence-corrected chi connectivity index (χ4v) is 4.01. The lowest BCUT2D eigenvalue weighted by Gasteiger charge is -2.18. The van der Waals surface area contributed by atoms with Crippen LogP contribution in [0.25, 0.3) is 11.0 Å². The van der Waals surface area contributed by atoms with Gasteiger partial charge >= 0.3 is 12.2 Å². The Hall–Kier alpha value is -3.81. The molecule has 3 heterocycles. The Labute approximate surface area is 194 Å². The number of likely N-dealkylation sites (tertiary alicyclic amines) is 1. The number of anilines is 2. The average Bonchev–Trinajstić information content (AvgIpc) is 3.38. The lowest BCUT2D eigenvalue weighted by Crippen LogP contribution is -2.33. The molecule has 0 radical (unpaired) electrons. The summed E-state index contributed by atoms with van der Waals surface area (Å²) in [5.41, 5.74) is 9.14. The van der Waals surface area contributed by atoms with E-state index in [1.807, 2.05) is 19.9 Å². The Morgan fingerprint density at radius 2 is 2.09 bits per heavy atom. The molecule has 3 aromatic rings. The number of amides is 2. The van der Waals surface area contributed by atoms with Crippen molar-refractivity contribution in [1.82, 2.24) is 24.6 Å². The first-order valence-electron chi connectivity index (χ1n) is 10.9. The molecule has 178 valence electrons. The number of hydrogen-bond acceptors (Lipinski definition) is 5. The van der Waals surface area contributed by atoms with E-state index >= 15 is 0 Å². The molecular weight excluding hydrogens is 447 g/mol. The quantitative estimate of drug-likeness (QED) is 0.564. The molecule has 0 spiro atoms. The monoisotopic (exact) mass is 471 g/mol. The highest BCUT2D eigenvalue weighted by molar-refractivity contribution is 5.91. The number of aryl methyl sites for hydroxylation is 2. The molecule has 4 rings (SSSR count). The van der Waals surface area contributed by atoms with Gasteiger partial charge in [0.1, 0.15) is 17.8 Å². The van der Waals surface area contributed by atoms with Gasteiger partial charge in [0, 0.05) is 37.3 Å². The smallest absolute Gasteiger partial charge is 0.383 e. The number of halogens is 3. The van der Waals surface area contributed by atoms with Crippen LogP contribution in [0.5, 0.6) is 0 Å². The van der Waals surface area contributed by atoms with E-state index in [9.17, 15) is 18.0 Å². The first-order chi connectivity index (χ1) is 16.1. The summed E-state index contributed by atoms with van der Waals surface area (Å²) in [6.07, 6.45) is -3.39. The summed E-state index contributed by atoms with van der Waals surface area (Å²) >= 11 is 0. The van der Waals surface area contributed by atoms with Gasteiger partial charge in [0.05, 0.1) is 5.39 Å². The van der Waals surface area contributed by atoms with Crippen LogP contribution in [0.3, 0.4) is 0 Å². The number of nitrogen functional groups attached to an aromatic ring is 1. The Balaban J connectivity index is 1.52. The number of alkyl halides is 3. The number of carbonyl (C=O) groups is 1. The third-order valence-electron chi connectivity index (χ3n) is 5.76. The van der Waals surface area contributed by atoms with Gasteiger partial charge in [0.25, 0.3) is 0 Å². The number of aromatic nitrogens is 4. The van der Waals surface area contributed by atoms with Crippen LogP contribution >= 0.6 is 0 Å². The van der Waals surface area contributed by atoms with Gasteiger partial charge in [0.2, 0.25) is 0 Å². The fourth-order valence-electron chi connectivity index (χ4n) is 4.01. The zero-order valence-electron chi connectivity index (χ0n) is 18.8. The van der Waals surface area contributed by atoms with E-state index in [1.165, 1.54) is 11.2 Å². The Bertz CT molecular complexity index is 1290. The predicted octanol–water partition coefficient (Wildman–Crippen LogP) is 3.94. The molecule has 1 aliphatic heterocycles. The minimum Gasteiger partial charge on any atom is -0.383 e. The maximum Gasteiger partial charge on any atom is 0.389 e. The Morgan fingerprint density at radius 3 is 2.82 bits per heavy atom. The molecule has 1 saturated heterocycles. The van der Waals surface area contributed by atoms with Gasteiger partial charge in [-0.1, -0.05) is 12.0 Å². The summed E-state index contributed by atoms with van der Waals surface area (Å²) in [5, 5.41) is 7.82. The van der Waals surface area contributed by atoms with Gasteiger partial charge in [-0.15, -0.1) is 0 Å². The number of hydrogen-bond donors (Lipinski definition) is 2. The summed E-state index contributed by atoms with van der Waals surface area (Å²) in [6, 6.07) is 4.85. The van der Waals surface area contributed by atoms with Crippen molar-refractivity contribution < 1.29 is 18.0 Å². The van der Waals surface area contributed by atoms with E-state index in [2.05, 4.69) is 32.2 Å². The van der Waals surface area contributed by atoms with Crippen LogP contribution in [-0.4, -0.2) is 49.9 Å². The average molecular weight is 471 g/mol. The number of rotatable bonds is 3. The molecule has 8 nitrogen and oxygen atoms in total. The molecule has 34 heavy (non-hydrogen) atoms. The molecule has 2 aromatic heterocycles. The molecule has 3 N–H and O–H groups in total. The summed E-state index contributed by atoms with van der Waals surface area (Å²) in [4.78, 5) is 22.3. The van der Waals surface area contributed by atoms with Crippen molar-refractivity contribution in [2.24, 2.45) is 5.92 Å². The van der Waals surface area contributed by atoms with Crippen LogP contribution in [0.1, 0.15) is 36.6 Å². The Kier molecular flexibility index (Phi) is 6.32. The van der Waals surface area contributed by atoms with E-state index < -0.39 is 24.5 Å². The molecule has 1 aliphatic rings. The summed E-state index contributed by atoms with van der Waals surface area (Å²) in [5.74, 6) is 5.83. The van der Waals surface area contributed by atoms with Crippen LogP contribution in [0, 0.1) is 24.7 Å². The van der Waals surface area contributed by atoms with E-state index in [1.54, 1.807) is 16.8 Å². The summed E-state index contributed by atoms with van der Waals surface area (Å²) in [6.45, 7) is 4.79. The van der Waals surface area contributed by atoms with Crippen molar-refractivity contribution in [3.8, 4) is 11.8 Å². The number of urea groups is 1. The molecule has 0 saturated carbocycles. The highest BCUT2D eigenvalue weighted by Crippen LogP contribution is 2.30. The maximum atomic E-state index is 12.6. The van der Waals surface area contributed by atoms with Crippen LogP contribution in [0.4, 0.5) is 29.5 Å². The molecule has 1 unspecified atom stereocenters. The zero-order valence-corrected chi connectivity index (χ0v) is 18.8. The molecular formula is C23H24F3N7O. The van der Waals surface area contributed by atoms with Crippen LogP contribution < -0.4 is 11.1 Å². The highest BCUT2D eigenvalue weighted by Gasteiger charge is 2.36. The van der Waals surface area contributed by atoms with E-state index in [0.717, 1.165) is 5.56 Å². The number of benzene rings is 1. The third-order valence-corrected chi connectivity index (χ3v) is 5.76. The number of nitrogens with zero attached hydrogens (tertiary/aromatic N) is 5. The predicted molar refractivity (Wildman–Crippen MR) is 122 cm³/mol. The van der Waals surface area contributed by atoms with Crippen molar-refractivity contribution in [2.45, 2.75) is 39.4 Å². The van der Waals surface area contributed by atoms with Crippen LogP contribution in [0.15, 0.2) is 24.5 Å². The molecule has 1 fully saturated rings. The molecule has 0 bridgehead atoms. The lowest BCUT2D eigenvalue weighted by molar-refractivity contribution is -0.143. The highest BCUT2D eigenvalue weighted by atomic mass is 19.4. The topological polar surface area (TPSA) is 102 Å². The minimum atomic E-state index is -4.23. The van der Waals surface area contributed by atoms with Crippen molar-refractivity contribution in [2.75, 3.05) is 24.1 Å². The van der Waals surface area contributed by atoms with Gasteiger partial charge in [0.15, 0.2) is 5.65 Å². The van der Waals surface area contributed by atoms with E-state index in [0.29, 0.717) is 53.3 Å². The fraction of sp³-hybridized carbons (Fsp3) is 0.391. The molecule has 1 atom stereocenters. The summed E-state index contributed by atoms with van der Waals surface area (Å²) in [7, 11) is 0. The third kappa shape index (κ3) is 5.06. The van der Waals surface area contributed by atoms with Crippen LogP contribution in [-0.2, 0) is 6.54 Å². The maximum absolute atomic E-state index is 12.6. The van der Waals surface area contributed by atoms with Crippen molar-refractivity contribution in [3.63, 3.8) is 0 Å². The first-order valence-corrected chi connectivity index (χ1v) is 10.9. The zero-order chi connectivity index (χ0) is 24.5. The standard InChI is InChI=1S/C23H24F3N7O/c1-3-33-21-19(20(27)28-13-29-21)18(31-33)7-5-16-10-17(6-4-14(16)2)30-22(34)32-9-8-15(12-32)11-23(24,25)26/h4,6,10,13,15H,3,8-9,11-12H2,1-2H3,(H,30,34)(H2,27,28,29).